The zero-order valence-corrected chi connectivity index (χ0v) is 12.4. The van der Waals surface area contributed by atoms with Crippen LogP contribution in [-0.4, -0.2) is 39.4 Å². The lowest BCUT2D eigenvalue weighted by Gasteiger charge is -2.26. The lowest BCUT2D eigenvalue weighted by atomic mass is 9.94. The number of nitrogens with zero attached hydrogens (tertiary/aromatic N) is 1. The minimum atomic E-state index is 0.203. The molecule has 0 radical (unpaired) electrons. The summed E-state index contributed by atoms with van der Waals surface area (Å²) in [4.78, 5) is 2.46. The Labute approximate surface area is 116 Å². The summed E-state index contributed by atoms with van der Waals surface area (Å²) in [5, 5.41) is 3.68. The summed E-state index contributed by atoms with van der Waals surface area (Å²) in [5.74, 6) is 0. The fraction of sp³-hybridized carbons (Fsp3) is 0.625. The number of nitrogens with one attached hydrogen (secondary N) is 1. The van der Waals surface area contributed by atoms with Gasteiger partial charge in [0.25, 0.3) is 0 Å². The van der Waals surface area contributed by atoms with Crippen LogP contribution in [0.25, 0.3) is 0 Å². The van der Waals surface area contributed by atoms with Crippen molar-refractivity contribution in [3.05, 3.63) is 30.3 Å². The fourth-order valence-electron chi connectivity index (χ4n) is 2.66. The Hall–Kier alpha value is -1.06. The second-order valence-electron chi connectivity index (χ2n) is 6.25. The molecule has 0 bridgehead atoms. The molecule has 1 saturated heterocycles. The van der Waals surface area contributed by atoms with E-state index in [-0.39, 0.29) is 5.41 Å². The Morgan fingerprint density at radius 3 is 2.74 bits per heavy atom. The monoisotopic (exact) mass is 262 g/mol. The average Bonchev–Trinajstić information content (AvgIpc) is 2.86. The smallest absolute Gasteiger partial charge is 0.0525 e. The van der Waals surface area contributed by atoms with Crippen molar-refractivity contribution in [3.63, 3.8) is 0 Å². The summed E-state index contributed by atoms with van der Waals surface area (Å²) < 4.78 is 5.26. The van der Waals surface area contributed by atoms with Crippen LogP contribution in [-0.2, 0) is 4.74 Å². The van der Waals surface area contributed by atoms with Crippen LogP contribution in [0.2, 0.25) is 0 Å². The molecule has 0 unspecified atom stereocenters. The number of benzene rings is 1. The highest BCUT2D eigenvalue weighted by molar-refractivity contribution is 5.47. The van der Waals surface area contributed by atoms with Crippen molar-refractivity contribution in [1.82, 2.24) is 5.32 Å². The van der Waals surface area contributed by atoms with Crippen LogP contribution in [0.1, 0.15) is 20.3 Å². The highest BCUT2D eigenvalue weighted by Gasteiger charge is 2.25. The Morgan fingerprint density at radius 2 is 2.05 bits per heavy atom. The van der Waals surface area contributed by atoms with E-state index in [4.69, 9.17) is 4.74 Å². The van der Waals surface area contributed by atoms with Crippen LogP contribution < -0.4 is 10.2 Å². The highest BCUT2D eigenvalue weighted by Crippen LogP contribution is 2.21. The Kier molecular flexibility index (Phi) is 4.83. The minimum Gasteiger partial charge on any atom is -0.384 e. The van der Waals surface area contributed by atoms with Crippen LogP contribution in [0.5, 0.6) is 0 Å². The van der Waals surface area contributed by atoms with E-state index in [0.29, 0.717) is 6.04 Å². The first kappa shape index (κ1) is 14.4. The zero-order valence-electron chi connectivity index (χ0n) is 12.4. The molecule has 1 aliphatic rings. The van der Waals surface area contributed by atoms with Crippen LogP contribution in [0, 0.1) is 5.41 Å². The van der Waals surface area contributed by atoms with Crippen molar-refractivity contribution in [1.29, 1.82) is 0 Å². The summed E-state index contributed by atoms with van der Waals surface area (Å²) in [6, 6.07) is 11.3. The van der Waals surface area contributed by atoms with Crippen molar-refractivity contribution in [2.24, 2.45) is 5.41 Å². The van der Waals surface area contributed by atoms with Gasteiger partial charge < -0.3 is 15.0 Å². The number of anilines is 1. The van der Waals surface area contributed by atoms with Gasteiger partial charge in [-0.2, -0.15) is 0 Å². The van der Waals surface area contributed by atoms with E-state index in [2.05, 4.69) is 54.4 Å². The molecule has 1 aromatic carbocycles. The maximum atomic E-state index is 5.26. The summed E-state index contributed by atoms with van der Waals surface area (Å²) in [6.45, 7) is 8.55. The topological polar surface area (TPSA) is 24.5 Å². The van der Waals surface area contributed by atoms with Gasteiger partial charge in [-0.3, -0.25) is 0 Å². The zero-order chi connectivity index (χ0) is 13.7. The molecule has 106 valence electrons. The lowest BCUT2D eigenvalue weighted by Crippen LogP contribution is -2.40. The molecule has 1 N–H and O–H groups in total. The van der Waals surface area contributed by atoms with Gasteiger partial charge in [0.2, 0.25) is 0 Å². The summed E-state index contributed by atoms with van der Waals surface area (Å²) in [6.07, 6.45) is 1.22. The van der Waals surface area contributed by atoms with Crippen LogP contribution in [0.15, 0.2) is 30.3 Å². The van der Waals surface area contributed by atoms with Gasteiger partial charge in [-0.05, 0) is 18.6 Å². The molecule has 1 aromatic rings. The summed E-state index contributed by atoms with van der Waals surface area (Å²) in [7, 11) is 1.77. The molecular formula is C16H26N2O. The maximum absolute atomic E-state index is 5.26. The quantitative estimate of drug-likeness (QED) is 0.852. The van der Waals surface area contributed by atoms with Crippen molar-refractivity contribution in [3.8, 4) is 0 Å². The third-order valence-electron chi connectivity index (χ3n) is 3.71. The van der Waals surface area contributed by atoms with Crippen molar-refractivity contribution >= 4 is 5.69 Å². The van der Waals surface area contributed by atoms with E-state index in [1.807, 2.05) is 0 Å². The van der Waals surface area contributed by atoms with Crippen molar-refractivity contribution in [2.45, 2.75) is 26.3 Å². The van der Waals surface area contributed by atoms with E-state index in [1.54, 1.807) is 7.11 Å². The van der Waals surface area contributed by atoms with E-state index in [0.717, 1.165) is 26.2 Å². The molecule has 0 amide bonds. The van der Waals surface area contributed by atoms with Gasteiger partial charge in [0.15, 0.2) is 0 Å². The largest absolute Gasteiger partial charge is 0.384 e. The number of para-hydroxylation sites is 1. The molecule has 0 saturated carbocycles. The second kappa shape index (κ2) is 6.40. The molecule has 0 spiro atoms. The van der Waals surface area contributed by atoms with Crippen molar-refractivity contribution in [2.75, 3.05) is 38.3 Å². The van der Waals surface area contributed by atoms with Gasteiger partial charge in [0.05, 0.1) is 6.61 Å². The first-order valence-electron chi connectivity index (χ1n) is 7.13. The molecule has 1 aliphatic heterocycles. The summed E-state index contributed by atoms with van der Waals surface area (Å²) >= 11 is 0. The van der Waals surface area contributed by atoms with Gasteiger partial charge in [-0.1, -0.05) is 32.0 Å². The molecule has 1 atom stereocenters. The molecule has 1 heterocycles. The molecular weight excluding hydrogens is 236 g/mol. The summed E-state index contributed by atoms with van der Waals surface area (Å²) in [5.41, 5.74) is 1.54. The SMILES string of the molecule is COCC(C)(C)CN[C@@H]1CCN(c2ccccc2)C1. The molecule has 19 heavy (non-hydrogen) atoms. The molecule has 3 nitrogen and oxygen atoms in total. The maximum Gasteiger partial charge on any atom is 0.0525 e. The minimum absolute atomic E-state index is 0.203. The second-order valence-corrected chi connectivity index (χ2v) is 6.25. The Bertz CT molecular complexity index is 378. The molecule has 2 rings (SSSR count). The molecule has 0 aromatic heterocycles. The number of hydrogen-bond acceptors (Lipinski definition) is 3. The first-order valence-corrected chi connectivity index (χ1v) is 7.13. The third kappa shape index (κ3) is 4.22. The normalized spacial score (nSPS) is 19.9. The molecule has 3 heteroatoms. The third-order valence-corrected chi connectivity index (χ3v) is 3.71. The predicted molar refractivity (Wildman–Crippen MR) is 80.7 cm³/mol. The number of methoxy groups -OCH3 is 1. The Balaban J connectivity index is 1.80. The van der Waals surface area contributed by atoms with Crippen LogP contribution in [0.3, 0.4) is 0 Å². The fourth-order valence-corrected chi connectivity index (χ4v) is 2.66. The van der Waals surface area contributed by atoms with Crippen molar-refractivity contribution < 1.29 is 4.74 Å². The predicted octanol–water partition coefficient (Wildman–Crippen LogP) is 2.53. The lowest BCUT2D eigenvalue weighted by molar-refractivity contribution is 0.102. The van der Waals surface area contributed by atoms with Gasteiger partial charge in [-0.15, -0.1) is 0 Å². The standard InChI is InChI=1S/C16H26N2O/c1-16(2,13-19-3)12-17-14-9-10-18(11-14)15-7-5-4-6-8-15/h4-8,14,17H,9-13H2,1-3H3/t14-/m1/s1. The van der Waals surface area contributed by atoms with Crippen LogP contribution in [0.4, 0.5) is 5.69 Å². The van der Waals surface area contributed by atoms with Crippen LogP contribution >= 0.6 is 0 Å². The van der Waals surface area contributed by atoms with Gasteiger partial charge in [-0.25, -0.2) is 0 Å². The molecule has 1 fully saturated rings. The number of hydrogen-bond donors (Lipinski definition) is 1. The first-order chi connectivity index (χ1) is 9.11. The van der Waals surface area contributed by atoms with E-state index in [9.17, 15) is 0 Å². The van der Waals surface area contributed by atoms with E-state index >= 15 is 0 Å². The Morgan fingerprint density at radius 1 is 1.32 bits per heavy atom. The van der Waals surface area contributed by atoms with Gasteiger partial charge in [0, 0.05) is 43.9 Å². The highest BCUT2D eigenvalue weighted by atomic mass is 16.5. The number of ether oxygens (including phenoxy) is 1. The van der Waals surface area contributed by atoms with E-state index in [1.165, 1.54) is 12.1 Å². The van der Waals surface area contributed by atoms with Gasteiger partial charge in [0.1, 0.15) is 0 Å². The number of rotatable bonds is 6. The average molecular weight is 262 g/mol. The molecule has 0 aliphatic carbocycles. The van der Waals surface area contributed by atoms with Gasteiger partial charge >= 0.3 is 0 Å². The van der Waals surface area contributed by atoms with E-state index < -0.39 is 0 Å².